The fourth-order valence-electron chi connectivity index (χ4n) is 0.917. The van der Waals surface area contributed by atoms with Crippen LogP contribution >= 0.6 is 0 Å². The number of nitrogens with one attached hydrogen (secondary N) is 1. The highest BCUT2D eigenvalue weighted by molar-refractivity contribution is 5.86. The van der Waals surface area contributed by atoms with E-state index in [2.05, 4.69) is 37.6 Å². The number of carbonyl (C=O) groups excluding carboxylic acids is 1. The van der Waals surface area contributed by atoms with Gasteiger partial charge in [0.2, 0.25) is 5.91 Å². The van der Waals surface area contributed by atoms with Crippen LogP contribution in [0.25, 0.3) is 0 Å². The van der Waals surface area contributed by atoms with Crippen molar-refractivity contribution in [3.05, 3.63) is 12.7 Å². The summed E-state index contributed by atoms with van der Waals surface area (Å²) >= 11 is 0. The van der Waals surface area contributed by atoms with Crippen molar-refractivity contribution in [2.75, 3.05) is 26.2 Å². The Hall–Kier alpha value is -0.830. The molecule has 1 N–H and O–H groups in total. The molecule has 0 aliphatic heterocycles. The van der Waals surface area contributed by atoms with Crippen LogP contribution in [0.4, 0.5) is 0 Å². The quantitative estimate of drug-likeness (QED) is 0.684. The fraction of sp³-hybridized carbons (Fsp3) is 0.727. The van der Waals surface area contributed by atoms with E-state index in [4.69, 9.17) is 0 Å². The highest BCUT2D eigenvalue weighted by atomic mass is 16.1. The van der Waals surface area contributed by atoms with Gasteiger partial charge in [0.25, 0.3) is 0 Å². The zero-order valence-corrected chi connectivity index (χ0v) is 9.97. The van der Waals surface area contributed by atoms with Crippen LogP contribution in [0.3, 0.4) is 0 Å². The predicted octanol–water partition coefficient (Wildman–Crippen LogP) is 1.66. The summed E-state index contributed by atoms with van der Waals surface area (Å²) in [4.78, 5) is 12.6. The van der Waals surface area contributed by atoms with Crippen LogP contribution in [0.2, 0.25) is 0 Å². The van der Waals surface area contributed by atoms with Crippen molar-refractivity contribution >= 4 is 5.91 Å². The molecular formula is C11H24N2O. The van der Waals surface area contributed by atoms with E-state index >= 15 is 0 Å². The molecule has 0 aliphatic carbocycles. The van der Waals surface area contributed by atoms with Crippen molar-refractivity contribution in [2.24, 2.45) is 0 Å². The van der Waals surface area contributed by atoms with Gasteiger partial charge in [-0.15, -0.1) is 0 Å². The molecular weight excluding hydrogens is 176 g/mol. The number of nitrogens with zero attached hydrogens (tertiary/aromatic N) is 1. The Labute approximate surface area is 88.2 Å². The number of hydrogen-bond donors (Lipinski definition) is 1. The molecule has 3 nitrogen and oxygen atoms in total. The lowest BCUT2D eigenvalue weighted by molar-refractivity contribution is -0.116. The second kappa shape index (κ2) is 12.2. The molecule has 0 aromatic rings. The van der Waals surface area contributed by atoms with Crippen molar-refractivity contribution in [1.29, 1.82) is 0 Å². The van der Waals surface area contributed by atoms with E-state index in [1.807, 2.05) is 6.92 Å². The summed E-state index contributed by atoms with van der Waals surface area (Å²) in [5, 5.41) is 2.54. The van der Waals surface area contributed by atoms with Crippen LogP contribution in [-0.4, -0.2) is 37.0 Å². The summed E-state index contributed by atoms with van der Waals surface area (Å²) in [6.07, 6.45) is 1.25. The molecule has 0 bridgehead atoms. The second-order valence-corrected chi connectivity index (χ2v) is 2.72. The molecule has 0 fully saturated rings. The lowest BCUT2D eigenvalue weighted by Gasteiger charge is -2.13. The first-order chi connectivity index (χ1) is 6.65. The topological polar surface area (TPSA) is 32.3 Å². The van der Waals surface area contributed by atoms with Gasteiger partial charge in [-0.3, -0.25) is 4.79 Å². The van der Waals surface area contributed by atoms with Crippen molar-refractivity contribution < 1.29 is 4.79 Å². The molecule has 0 radical (unpaired) electrons. The molecule has 0 atom stereocenters. The number of rotatable bonds is 5. The van der Waals surface area contributed by atoms with Gasteiger partial charge >= 0.3 is 0 Å². The molecule has 0 saturated heterocycles. The molecule has 84 valence electrons. The van der Waals surface area contributed by atoms with E-state index in [-0.39, 0.29) is 5.91 Å². The third-order valence-electron chi connectivity index (χ3n) is 1.88. The van der Waals surface area contributed by atoms with Crippen molar-refractivity contribution in [3.8, 4) is 0 Å². The summed E-state index contributed by atoms with van der Waals surface area (Å²) in [5.74, 6) is -0.109. The van der Waals surface area contributed by atoms with Gasteiger partial charge in [0.1, 0.15) is 0 Å². The van der Waals surface area contributed by atoms with Gasteiger partial charge in [-0.2, -0.15) is 0 Å². The molecule has 1 amide bonds. The van der Waals surface area contributed by atoms with Crippen LogP contribution in [0, 0.1) is 0 Å². The van der Waals surface area contributed by atoms with E-state index in [0.29, 0.717) is 6.54 Å². The summed E-state index contributed by atoms with van der Waals surface area (Å²) in [5.41, 5.74) is 0. The highest BCUT2D eigenvalue weighted by Crippen LogP contribution is 1.81. The largest absolute Gasteiger partial charge is 0.353 e. The molecule has 0 rings (SSSR count). The van der Waals surface area contributed by atoms with Gasteiger partial charge < -0.3 is 10.2 Å². The summed E-state index contributed by atoms with van der Waals surface area (Å²) in [7, 11) is 0. The van der Waals surface area contributed by atoms with Crippen molar-refractivity contribution in [2.45, 2.75) is 27.7 Å². The Morgan fingerprint density at radius 1 is 1.21 bits per heavy atom. The Bertz CT molecular complexity index is 137. The van der Waals surface area contributed by atoms with Gasteiger partial charge in [0, 0.05) is 6.54 Å². The van der Waals surface area contributed by atoms with Gasteiger partial charge in [0.15, 0.2) is 0 Å². The van der Waals surface area contributed by atoms with Gasteiger partial charge in [-0.1, -0.05) is 27.4 Å². The van der Waals surface area contributed by atoms with E-state index in [0.717, 1.165) is 0 Å². The summed E-state index contributed by atoms with van der Waals surface area (Å²) < 4.78 is 0. The Balaban J connectivity index is 0. The molecule has 3 heteroatoms. The smallest absolute Gasteiger partial charge is 0.243 e. The first-order valence-electron chi connectivity index (χ1n) is 5.28. The summed E-state index contributed by atoms with van der Waals surface area (Å²) in [6.45, 7) is 15.9. The lowest BCUT2D eigenvalue weighted by atomic mass is 10.5. The third kappa shape index (κ3) is 11.2. The van der Waals surface area contributed by atoms with Gasteiger partial charge in [-0.05, 0) is 32.6 Å². The zero-order chi connectivity index (χ0) is 11.4. The molecule has 0 saturated carbocycles. The average Bonchev–Trinajstić information content (AvgIpc) is 2.22. The van der Waals surface area contributed by atoms with Crippen molar-refractivity contribution in [3.63, 3.8) is 0 Å². The third-order valence-corrected chi connectivity index (χ3v) is 1.88. The highest BCUT2D eigenvalue weighted by Gasteiger charge is 1.89. The van der Waals surface area contributed by atoms with Crippen LogP contribution in [0.5, 0.6) is 0 Å². The number of amides is 1. The Kier molecular flexibility index (Phi) is 13.6. The standard InChI is InChI=1S/C6H15N.C5H9NO/c1-4-7(5-2)6-3;1-3-5(7)6-4-2/h4-6H2,1-3H3;3H,1,4H2,2H3,(H,6,7). The zero-order valence-electron chi connectivity index (χ0n) is 9.97. The van der Waals surface area contributed by atoms with Gasteiger partial charge in [0.05, 0.1) is 0 Å². The van der Waals surface area contributed by atoms with Crippen LogP contribution in [0.15, 0.2) is 12.7 Å². The van der Waals surface area contributed by atoms with Crippen LogP contribution in [-0.2, 0) is 4.79 Å². The maximum absolute atomic E-state index is 10.2. The minimum absolute atomic E-state index is 0.109. The van der Waals surface area contributed by atoms with E-state index in [1.54, 1.807) is 0 Å². The lowest BCUT2D eigenvalue weighted by Crippen LogP contribution is -2.21. The Morgan fingerprint density at radius 3 is 1.71 bits per heavy atom. The van der Waals surface area contributed by atoms with E-state index < -0.39 is 0 Å². The first-order valence-corrected chi connectivity index (χ1v) is 5.28. The molecule has 0 spiro atoms. The first kappa shape index (κ1) is 15.6. The van der Waals surface area contributed by atoms with E-state index in [9.17, 15) is 4.79 Å². The monoisotopic (exact) mass is 200 g/mol. The molecule has 0 aromatic heterocycles. The molecule has 0 aromatic carbocycles. The van der Waals surface area contributed by atoms with Crippen molar-refractivity contribution in [1.82, 2.24) is 10.2 Å². The molecule has 14 heavy (non-hydrogen) atoms. The average molecular weight is 200 g/mol. The fourth-order valence-corrected chi connectivity index (χ4v) is 0.917. The maximum Gasteiger partial charge on any atom is 0.243 e. The van der Waals surface area contributed by atoms with Crippen LogP contribution in [0.1, 0.15) is 27.7 Å². The SMILES string of the molecule is C=CC(=O)NCC.CCN(CC)CC. The molecule has 0 heterocycles. The Morgan fingerprint density at radius 2 is 1.64 bits per heavy atom. The normalized spacial score (nSPS) is 8.93. The molecule has 0 aliphatic rings. The number of carbonyl (C=O) groups is 1. The summed E-state index contributed by atoms with van der Waals surface area (Å²) in [6, 6.07) is 0. The maximum atomic E-state index is 10.2. The van der Waals surface area contributed by atoms with Gasteiger partial charge in [-0.25, -0.2) is 0 Å². The minimum atomic E-state index is -0.109. The second-order valence-electron chi connectivity index (χ2n) is 2.72. The number of hydrogen-bond acceptors (Lipinski definition) is 2. The van der Waals surface area contributed by atoms with Crippen LogP contribution < -0.4 is 5.32 Å². The minimum Gasteiger partial charge on any atom is -0.353 e. The number of likely N-dealkylation sites (N-methyl/N-ethyl adjacent to an activating group) is 1. The van der Waals surface area contributed by atoms with E-state index in [1.165, 1.54) is 25.7 Å². The predicted molar refractivity (Wildman–Crippen MR) is 62.3 cm³/mol. The molecule has 0 unspecified atom stereocenters.